The number of hydrogen-bond donors (Lipinski definition) is 3. The van der Waals surface area contributed by atoms with E-state index in [0.717, 1.165) is 10.4 Å². The standard InChI is InChI=1S/C13H13NO3S/c15-11-4-2-1-3-9(11)7-14-8-10-5-6-12(18-10)13(16)17/h1-6,14-15H,7-8H2,(H,16,17). The van der Waals surface area contributed by atoms with Crippen molar-refractivity contribution in [2.75, 3.05) is 0 Å². The normalized spacial score (nSPS) is 10.4. The zero-order valence-corrected chi connectivity index (χ0v) is 10.4. The summed E-state index contributed by atoms with van der Waals surface area (Å²) in [4.78, 5) is 12.0. The minimum Gasteiger partial charge on any atom is -0.508 e. The van der Waals surface area contributed by atoms with Gasteiger partial charge in [-0.15, -0.1) is 11.3 Å². The van der Waals surface area contributed by atoms with E-state index in [1.807, 2.05) is 12.1 Å². The third-order valence-electron chi connectivity index (χ3n) is 2.48. The first-order valence-corrected chi connectivity index (χ1v) is 6.28. The first-order chi connectivity index (χ1) is 8.66. The van der Waals surface area contributed by atoms with Crippen molar-refractivity contribution in [1.29, 1.82) is 0 Å². The molecule has 0 fully saturated rings. The third-order valence-corrected chi connectivity index (χ3v) is 3.55. The van der Waals surface area contributed by atoms with Gasteiger partial charge in [0, 0.05) is 23.5 Å². The molecule has 4 nitrogen and oxygen atoms in total. The Morgan fingerprint density at radius 2 is 1.94 bits per heavy atom. The summed E-state index contributed by atoms with van der Waals surface area (Å²) in [6, 6.07) is 10.5. The van der Waals surface area contributed by atoms with Gasteiger partial charge in [-0.25, -0.2) is 4.79 Å². The summed E-state index contributed by atoms with van der Waals surface area (Å²) in [5, 5.41) is 21.5. The number of phenols is 1. The molecule has 5 heteroatoms. The molecule has 2 aromatic rings. The highest BCUT2D eigenvalue weighted by molar-refractivity contribution is 7.13. The monoisotopic (exact) mass is 263 g/mol. The molecule has 2 rings (SSSR count). The topological polar surface area (TPSA) is 69.6 Å². The van der Waals surface area contributed by atoms with Gasteiger partial charge in [0.2, 0.25) is 0 Å². The zero-order chi connectivity index (χ0) is 13.0. The van der Waals surface area contributed by atoms with Gasteiger partial charge in [0.1, 0.15) is 10.6 Å². The lowest BCUT2D eigenvalue weighted by Gasteiger charge is -2.05. The second kappa shape index (κ2) is 5.66. The van der Waals surface area contributed by atoms with Crippen molar-refractivity contribution in [3.63, 3.8) is 0 Å². The predicted molar refractivity (Wildman–Crippen MR) is 69.9 cm³/mol. The van der Waals surface area contributed by atoms with Gasteiger partial charge in [-0.05, 0) is 18.2 Å². The number of benzene rings is 1. The van der Waals surface area contributed by atoms with Crippen LogP contribution in [0.15, 0.2) is 36.4 Å². The van der Waals surface area contributed by atoms with Crippen molar-refractivity contribution in [3.8, 4) is 5.75 Å². The summed E-state index contributed by atoms with van der Waals surface area (Å²) >= 11 is 1.26. The largest absolute Gasteiger partial charge is 0.508 e. The van der Waals surface area contributed by atoms with E-state index in [0.29, 0.717) is 18.0 Å². The Kier molecular flexibility index (Phi) is 3.96. The molecule has 1 aromatic carbocycles. The van der Waals surface area contributed by atoms with E-state index in [-0.39, 0.29) is 5.75 Å². The molecule has 18 heavy (non-hydrogen) atoms. The highest BCUT2D eigenvalue weighted by Crippen LogP contribution is 2.18. The van der Waals surface area contributed by atoms with Gasteiger partial charge in [-0.1, -0.05) is 18.2 Å². The van der Waals surface area contributed by atoms with Crippen molar-refractivity contribution in [3.05, 3.63) is 51.7 Å². The van der Waals surface area contributed by atoms with Crippen LogP contribution in [-0.4, -0.2) is 16.2 Å². The second-order valence-electron chi connectivity index (χ2n) is 3.80. The fourth-order valence-corrected chi connectivity index (χ4v) is 2.38. The van der Waals surface area contributed by atoms with Crippen LogP contribution in [0.25, 0.3) is 0 Å². The van der Waals surface area contributed by atoms with Crippen molar-refractivity contribution in [1.82, 2.24) is 5.32 Å². The molecule has 0 aliphatic carbocycles. The van der Waals surface area contributed by atoms with Crippen LogP contribution in [0.3, 0.4) is 0 Å². The molecule has 0 bridgehead atoms. The number of aromatic hydroxyl groups is 1. The number of para-hydroxylation sites is 1. The molecular formula is C13H13NO3S. The Labute approximate surface area is 109 Å². The fourth-order valence-electron chi connectivity index (χ4n) is 1.57. The summed E-state index contributed by atoms with van der Waals surface area (Å²) in [7, 11) is 0. The minimum absolute atomic E-state index is 0.266. The van der Waals surface area contributed by atoms with E-state index in [4.69, 9.17) is 5.11 Å². The van der Waals surface area contributed by atoms with E-state index in [2.05, 4.69) is 5.32 Å². The van der Waals surface area contributed by atoms with Gasteiger partial charge in [0.15, 0.2) is 0 Å². The lowest BCUT2D eigenvalue weighted by atomic mass is 10.2. The molecular weight excluding hydrogens is 250 g/mol. The Balaban J connectivity index is 1.88. The Morgan fingerprint density at radius 3 is 2.61 bits per heavy atom. The van der Waals surface area contributed by atoms with E-state index in [1.165, 1.54) is 11.3 Å². The number of carboxylic acids is 1. The zero-order valence-electron chi connectivity index (χ0n) is 9.59. The lowest BCUT2D eigenvalue weighted by molar-refractivity contribution is 0.0702. The molecule has 0 amide bonds. The highest BCUT2D eigenvalue weighted by Gasteiger charge is 2.06. The van der Waals surface area contributed by atoms with Gasteiger partial charge < -0.3 is 15.5 Å². The summed E-state index contributed by atoms with van der Waals surface area (Å²) in [5.41, 5.74) is 0.826. The number of carboxylic acid groups (broad SMARTS) is 1. The van der Waals surface area contributed by atoms with Crippen molar-refractivity contribution >= 4 is 17.3 Å². The summed E-state index contributed by atoms with van der Waals surface area (Å²) in [5.74, 6) is -0.630. The highest BCUT2D eigenvalue weighted by atomic mass is 32.1. The third kappa shape index (κ3) is 3.09. The molecule has 0 saturated heterocycles. The summed E-state index contributed by atoms with van der Waals surface area (Å²) in [6.07, 6.45) is 0. The molecule has 0 unspecified atom stereocenters. The van der Waals surface area contributed by atoms with Crippen LogP contribution >= 0.6 is 11.3 Å². The smallest absolute Gasteiger partial charge is 0.345 e. The van der Waals surface area contributed by atoms with Crippen molar-refractivity contribution in [2.45, 2.75) is 13.1 Å². The van der Waals surface area contributed by atoms with Crippen molar-refractivity contribution in [2.24, 2.45) is 0 Å². The lowest BCUT2D eigenvalue weighted by Crippen LogP contribution is -2.11. The van der Waals surface area contributed by atoms with Gasteiger partial charge in [0.25, 0.3) is 0 Å². The average Bonchev–Trinajstić information content (AvgIpc) is 2.80. The van der Waals surface area contributed by atoms with Gasteiger partial charge >= 0.3 is 5.97 Å². The molecule has 1 heterocycles. The van der Waals surface area contributed by atoms with Crippen LogP contribution in [-0.2, 0) is 13.1 Å². The van der Waals surface area contributed by atoms with Crippen molar-refractivity contribution < 1.29 is 15.0 Å². The van der Waals surface area contributed by atoms with Gasteiger partial charge in [0.05, 0.1) is 0 Å². The van der Waals surface area contributed by atoms with Crippen LogP contribution in [0.2, 0.25) is 0 Å². The van der Waals surface area contributed by atoms with E-state index >= 15 is 0 Å². The van der Waals surface area contributed by atoms with E-state index < -0.39 is 5.97 Å². The summed E-state index contributed by atoms with van der Waals surface area (Å²) in [6.45, 7) is 1.14. The van der Waals surface area contributed by atoms with Gasteiger partial charge in [-0.2, -0.15) is 0 Å². The second-order valence-corrected chi connectivity index (χ2v) is 4.97. The first-order valence-electron chi connectivity index (χ1n) is 5.46. The SMILES string of the molecule is O=C(O)c1ccc(CNCc2ccccc2O)s1. The average molecular weight is 263 g/mol. The maximum atomic E-state index is 10.7. The molecule has 0 aliphatic rings. The quantitative estimate of drug-likeness (QED) is 0.775. The predicted octanol–water partition coefficient (Wildman–Crippen LogP) is 2.44. The van der Waals surface area contributed by atoms with Crippen LogP contribution in [0.1, 0.15) is 20.1 Å². The molecule has 0 atom stereocenters. The van der Waals surface area contributed by atoms with E-state index in [9.17, 15) is 9.90 Å². The summed E-state index contributed by atoms with van der Waals surface area (Å²) < 4.78 is 0. The fraction of sp³-hybridized carbons (Fsp3) is 0.154. The molecule has 1 aromatic heterocycles. The Bertz CT molecular complexity index is 551. The van der Waals surface area contributed by atoms with Crippen LogP contribution in [0.4, 0.5) is 0 Å². The minimum atomic E-state index is -0.896. The molecule has 94 valence electrons. The van der Waals surface area contributed by atoms with E-state index in [1.54, 1.807) is 24.3 Å². The Morgan fingerprint density at radius 1 is 1.17 bits per heavy atom. The number of aromatic carboxylic acids is 1. The molecule has 0 radical (unpaired) electrons. The molecule has 3 N–H and O–H groups in total. The van der Waals surface area contributed by atoms with Crippen LogP contribution in [0.5, 0.6) is 5.75 Å². The maximum absolute atomic E-state index is 10.7. The number of thiophene rings is 1. The number of carbonyl (C=O) groups is 1. The number of rotatable bonds is 5. The molecule has 0 spiro atoms. The molecule has 0 aliphatic heterocycles. The molecule has 0 saturated carbocycles. The number of phenolic OH excluding ortho intramolecular Hbond substituents is 1. The first kappa shape index (κ1) is 12.6. The van der Waals surface area contributed by atoms with Crippen LogP contribution < -0.4 is 5.32 Å². The van der Waals surface area contributed by atoms with Crippen LogP contribution in [0, 0.1) is 0 Å². The van der Waals surface area contributed by atoms with Gasteiger partial charge in [-0.3, -0.25) is 0 Å². The number of hydrogen-bond acceptors (Lipinski definition) is 4. The number of nitrogens with one attached hydrogen (secondary N) is 1. The maximum Gasteiger partial charge on any atom is 0.345 e. The Hall–Kier alpha value is -1.85.